The van der Waals surface area contributed by atoms with Crippen molar-refractivity contribution in [2.75, 3.05) is 40.5 Å². The number of ether oxygens (including phenoxy) is 5. The van der Waals surface area contributed by atoms with Gasteiger partial charge in [-0.15, -0.1) is 0 Å². The van der Waals surface area contributed by atoms with Crippen LogP contribution in [0.5, 0.6) is 5.75 Å². The highest BCUT2D eigenvalue weighted by atomic mass is 32.2. The number of benzene rings is 2. The molecule has 1 amide bonds. The van der Waals surface area contributed by atoms with Crippen molar-refractivity contribution in [3.63, 3.8) is 0 Å². The van der Waals surface area contributed by atoms with Crippen molar-refractivity contribution < 1.29 is 42.0 Å². The van der Waals surface area contributed by atoms with Gasteiger partial charge in [0, 0.05) is 38.5 Å². The van der Waals surface area contributed by atoms with Gasteiger partial charge in [0.25, 0.3) is 0 Å². The molecular formula is C32H44N2O9S. The van der Waals surface area contributed by atoms with Gasteiger partial charge in [-0.2, -0.15) is 4.31 Å². The fraction of sp³-hybridized carbons (Fsp3) is 0.594. The molecule has 5 rings (SSSR count). The Morgan fingerprint density at radius 2 is 1.82 bits per heavy atom. The van der Waals surface area contributed by atoms with Gasteiger partial charge in [-0.05, 0) is 48.6 Å². The van der Waals surface area contributed by atoms with E-state index in [4.69, 9.17) is 23.7 Å². The SMILES string of the molecule is COc1ccc(S(=O)(=O)N(CC(C)C)C[C@@H](O)[C@H](Cc2ccccc2)NC(=O)O[C@@H]2C[C@]3(OC)CO[C@@H]4OCCC2[C@@H]43)cc1. The number of sulfonamides is 1. The quantitative estimate of drug-likeness (QED) is 0.342. The van der Waals surface area contributed by atoms with Gasteiger partial charge in [-0.3, -0.25) is 0 Å². The van der Waals surface area contributed by atoms with E-state index in [2.05, 4.69) is 5.32 Å². The highest BCUT2D eigenvalue weighted by Crippen LogP contribution is 2.54. The number of amides is 1. The molecule has 11 nitrogen and oxygen atoms in total. The van der Waals surface area contributed by atoms with Gasteiger partial charge < -0.3 is 34.1 Å². The van der Waals surface area contributed by atoms with Gasteiger partial charge in [-0.1, -0.05) is 44.2 Å². The largest absolute Gasteiger partial charge is 0.497 e. The molecular weight excluding hydrogens is 588 g/mol. The van der Waals surface area contributed by atoms with Crippen LogP contribution < -0.4 is 10.1 Å². The van der Waals surface area contributed by atoms with Crippen LogP contribution in [-0.2, 0) is 35.4 Å². The van der Waals surface area contributed by atoms with Crippen molar-refractivity contribution in [2.24, 2.45) is 17.8 Å². The Bertz CT molecular complexity index is 1360. The molecule has 2 aliphatic heterocycles. The summed E-state index contributed by atoms with van der Waals surface area (Å²) in [5.74, 6) is 0.521. The number of rotatable bonds is 13. The molecule has 2 heterocycles. The monoisotopic (exact) mass is 632 g/mol. The van der Waals surface area contributed by atoms with Crippen LogP contribution in [0.25, 0.3) is 0 Å². The van der Waals surface area contributed by atoms with E-state index < -0.39 is 40.0 Å². The first kappa shape index (κ1) is 32.6. The minimum absolute atomic E-state index is 0.0112. The fourth-order valence-electron chi connectivity index (χ4n) is 6.81. The third kappa shape index (κ3) is 6.90. The van der Waals surface area contributed by atoms with Crippen LogP contribution in [0, 0.1) is 17.8 Å². The zero-order valence-electron chi connectivity index (χ0n) is 25.8. The summed E-state index contributed by atoms with van der Waals surface area (Å²) < 4.78 is 57.5. The molecule has 3 aliphatic rings. The van der Waals surface area contributed by atoms with E-state index in [1.807, 2.05) is 44.2 Å². The lowest BCUT2D eigenvalue weighted by atomic mass is 9.84. The Morgan fingerprint density at radius 3 is 2.48 bits per heavy atom. The number of hydrogen-bond acceptors (Lipinski definition) is 9. The minimum Gasteiger partial charge on any atom is -0.497 e. The lowest BCUT2D eigenvalue weighted by Crippen LogP contribution is -2.51. The molecule has 1 aliphatic carbocycles. The molecule has 2 N–H and O–H groups in total. The van der Waals surface area contributed by atoms with Gasteiger partial charge in [0.05, 0.1) is 37.4 Å². The number of aliphatic hydroxyl groups is 1. The molecule has 1 unspecified atom stereocenters. The van der Waals surface area contributed by atoms with E-state index in [9.17, 15) is 18.3 Å². The molecule has 7 atom stereocenters. The molecule has 0 bridgehead atoms. The van der Waals surface area contributed by atoms with Crippen molar-refractivity contribution in [3.8, 4) is 5.75 Å². The first-order chi connectivity index (χ1) is 21.1. The predicted octanol–water partition coefficient (Wildman–Crippen LogP) is 3.21. The Kier molecular flexibility index (Phi) is 10.2. The van der Waals surface area contributed by atoms with Gasteiger partial charge in [0.15, 0.2) is 6.29 Å². The van der Waals surface area contributed by atoms with Crippen LogP contribution in [0.15, 0.2) is 59.5 Å². The second kappa shape index (κ2) is 13.7. The van der Waals surface area contributed by atoms with Crippen molar-refractivity contribution in [3.05, 3.63) is 60.2 Å². The normalized spacial score (nSPS) is 27.6. The first-order valence-electron chi connectivity index (χ1n) is 15.2. The summed E-state index contributed by atoms with van der Waals surface area (Å²) in [6, 6.07) is 14.8. The average molecular weight is 633 g/mol. The molecule has 3 fully saturated rings. The van der Waals surface area contributed by atoms with E-state index >= 15 is 0 Å². The highest BCUT2D eigenvalue weighted by molar-refractivity contribution is 7.89. The summed E-state index contributed by atoms with van der Waals surface area (Å²) in [6.45, 7) is 4.67. The standard InChI is InChI=1S/C32H44N2O9S/c1-21(2)18-34(44(37,38)24-12-10-23(39-3)11-13-24)19-27(35)26(16-22-8-6-5-7-9-22)33-31(36)43-28-17-32(40-4)20-42-30-29(32)25(28)14-15-41-30/h5-13,21,25-30,35H,14-20H2,1-4H3,(H,33,36)/t25?,26-,27+,28+,29-,30-,32-/m0/s1. The van der Waals surface area contributed by atoms with E-state index in [0.29, 0.717) is 25.4 Å². The molecule has 1 saturated carbocycles. The number of alkyl carbamates (subject to hydrolysis) is 1. The molecule has 2 saturated heterocycles. The van der Waals surface area contributed by atoms with Crippen LogP contribution >= 0.6 is 0 Å². The number of carbonyl (C=O) groups excluding carboxylic acids is 1. The molecule has 12 heteroatoms. The molecule has 0 aromatic heterocycles. The van der Waals surface area contributed by atoms with E-state index in [-0.39, 0.29) is 48.4 Å². The number of aliphatic hydroxyl groups excluding tert-OH is 1. The zero-order chi connectivity index (χ0) is 31.5. The Hall–Kier alpha value is -2.74. The molecule has 0 radical (unpaired) electrons. The van der Waals surface area contributed by atoms with Crippen molar-refractivity contribution in [2.45, 2.75) is 68.1 Å². The van der Waals surface area contributed by atoms with Crippen LogP contribution in [0.1, 0.15) is 32.3 Å². The van der Waals surface area contributed by atoms with Crippen molar-refractivity contribution in [1.82, 2.24) is 9.62 Å². The summed E-state index contributed by atoms with van der Waals surface area (Å²) in [4.78, 5) is 13.5. The van der Waals surface area contributed by atoms with E-state index in [1.165, 1.54) is 23.5 Å². The maximum Gasteiger partial charge on any atom is 0.407 e. The molecule has 2 aromatic carbocycles. The summed E-state index contributed by atoms with van der Waals surface area (Å²) in [5, 5.41) is 14.4. The predicted molar refractivity (Wildman–Crippen MR) is 162 cm³/mol. The summed E-state index contributed by atoms with van der Waals surface area (Å²) in [7, 11) is -0.801. The number of hydrogen-bond donors (Lipinski definition) is 2. The molecule has 242 valence electrons. The topological polar surface area (TPSA) is 133 Å². The number of carbonyl (C=O) groups is 1. The summed E-state index contributed by atoms with van der Waals surface area (Å²) >= 11 is 0. The third-order valence-corrected chi connectivity index (χ3v) is 10.8. The van der Waals surface area contributed by atoms with Gasteiger partial charge in [-0.25, -0.2) is 13.2 Å². The van der Waals surface area contributed by atoms with E-state index in [0.717, 1.165) is 12.0 Å². The third-order valence-electron chi connectivity index (χ3n) is 9.00. The fourth-order valence-corrected chi connectivity index (χ4v) is 8.43. The highest BCUT2D eigenvalue weighted by Gasteiger charge is 2.64. The van der Waals surface area contributed by atoms with Crippen molar-refractivity contribution in [1.29, 1.82) is 0 Å². The van der Waals surface area contributed by atoms with Crippen LogP contribution in [-0.4, -0.2) is 94.6 Å². The second-order valence-corrected chi connectivity index (χ2v) is 14.3. The smallest absolute Gasteiger partial charge is 0.407 e. The second-order valence-electron chi connectivity index (χ2n) is 12.3. The van der Waals surface area contributed by atoms with Gasteiger partial charge >= 0.3 is 6.09 Å². The minimum atomic E-state index is -3.96. The zero-order valence-corrected chi connectivity index (χ0v) is 26.6. The molecule has 0 spiro atoms. The lowest BCUT2D eigenvalue weighted by molar-refractivity contribution is -0.175. The van der Waals surface area contributed by atoms with Gasteiger partial charge in [0.2, 0.25) is 10.0 Å². The number of methoxy groups -OCH3 is 2. The maximum absolute atomic E-state index is 13.7. The summed E-state index contributed by atoms with van der Waals surface area (Å²) in [5.41, 5.74) is 0.306. The van der Waals surface area contributed by atoms with Gasteiger partial charge in [0.1, 0.15) is 17.5 Å². The molecule has 2 aromatic rings. The Morgan fingerprint density at radius 1 is 1.09 bits per heavy atom. The number of nitrogens with one attached hydrogen (secondary N) is 1. The molecule has 44 heavy (non-hydrogen) atoms. The van der Waals surface area contributed by atoms with Crippen molar-refractivity contribution >= 4 is 16.1 Å². The maximum atomic E-state index is 13.7. The van der Waals surface area contributed by atoms with Crippen LogP contribution in [0.2, 0.25) is 0 Å². The summed E-state index contributed by atoms with van der Waals surface area (Å²) in [6.07, 6.45) is -1.20. The number of nitrogens with zero attached hydrogens (tertiary/aromatic N) is 1. The Labute approximate surface area is 259 Å². The average Bonchev–Trinajstić information content (AvgIpc) is 3.54. The lowest BCUT2D eigenvalue weighted by Gasteiger charge is -2.34. The first-order valence-corrected chi connectivity index (χ1v) is 16.6. The van der Waals surface area contributed by atoms with Crippen LogP contribution in [0.4, 0.5) is 4.79 Å². The van der Waals surface area contributed by atoms with Crippen LogP contribution in [0.3, 0.4) is 0 Å². The Balaban J connectivity index is 1.33. The van der Waals surface area contributed by atoms with E-state index in [1.54, 1.807) is 19.2 Å².